The molecule has 1 fully saturated rings. The Hall–Kier alpha value is -1.69. The van der Waals surface area contributed by atoms with E-state index in [4.69, 9.17) is 5.73 Å². The Balaban J connectivity index is 2.03. The third-order valence-corrected chi connectivity index (χ3v) is 5.68. The Morgan fingerprint density at radius 2 is 1.86 bits per heavy atom. The van der Waals surface area contributed by atoms with Crippen LogP contribution < -0.4 is 5.73 Å². The van der Waals surface area contributed by atoms with Crippen molar-refractivity contribution in [3.63, 3.8) is 0 Å². The molecule has 1 aliphatic rings. The highest BCUT2D eigenvalue weighted by Crippen LogP contribution is 2.36. The number of carbonyl (C=O) groups excluding carboxylic acids is 1. The molecule has 0 aliphatic carbocycles. The van der Waals surface area contributed by atoms with E-state index in [-0.39, 0.29) is 5.91 Å². The van der Waals surface area contributed by atoms with Gasteiger partial charge < -0.3 is 10.6 Å². The van der Waals surface area contributed by atoms with Crippen molar-refractivity contribution in [1.82, 2.24) is 15.1 Å². The van der Waals surface area contributed by atoms with Gasteiger partial charge in [-0.3, -0.25) is 4.79 Å². The molecular formula is C15H20N4OS. The summed E-state index contributed by atoms with van der Waals surface area (Å²) in [5.41, 5.74) is 8.67. The molecule has 5 nitrogen and oxygen atoms in total. The van der Waals surface area contributed by atoms with Crippen molar-refractivity contribution in [3.05, 3.63) is 16.1 Å². The fourth-order valence-corrected chi connectivity index (χ4v) is 3.91. The first-order valence-electron chi connectivity index (χ1n) is 7.21. The lowest BCUT2D eigenvalue weighted by molar-refractivity contribution is 0.0791. The first-order valence-corrected chi connectivity index (χ1v) is 8.03. The lowest BCUT2D eigenvalue weighted by atomic mass is 10.0. The minimum atomic E-state index is 0.0313. The number of nitrogens with two attached hydrogens (primary N) is 1. The third kappa shape index (κ3) is 2.18. The van der Waals surface area contributed by atoms with E-state index in [0.717, 1.165) is 34.6 Å². The first-order chi connectivity index (χ1) is 9.90. The molecule has 1 amide bonds. The second-order valence-electron chi connectivity index (χ2n) is 6.10. The van der Waals surface area contributed by atoms with Crippen LogP contribution in [0.5, 0.6) is 0 Å². The third-order valence-electron chi connectivity index (χ3n) is 4.60. The summed E-state index contributed by atoms with van der Waals surface area (Å²) in [6.07, 6.45) is 0. The van der Waals surface area contributed by atoms with Crippen molar-refractivity contribution in [2.75, 3.05) is 18.8 Å². The topological polar surface area (TPSA) is 72.1 Å². The number of amides is 1. The van der Waals surface area contributed by atoms with E-state index in [1.165, 1.54) is 11.3 Å². The smallest absolute Gasteiger partial charge is 0.266 e. The second-order valence-corrected chi connectivity index (χ2v) is 7.10. The largest absolute Gasteiger partial charge is 0.397 e. The Morgan fingerprint density at radius 3 is 2.48 bits per heavy atom. The van der Waals surface area contributed by atoms with Gasteiger partial charge in [0.1, 0.15) is 9.71 Å². The lowest BCUT2D eigenvalue weighted by Crippen LogP contribution is -2.28. The van der Waals surface area contributed by atoms with Crippen LogP contribution in [0.25, 0.3) is 10.2 Å². The van der Waals surface area contributed by atoms with Crippen molar-refractivity contribution in [2.45, 2.75) is 27.7 Å². The van der Waals surface area contributed by atoms with Gasteiger partial charge in [0.25, 0.3) is 5.91 Å². The summed E-state index contributed by atoms with van der Waals surface area (Å²) in [5, 5.41) is 9.19. The normalized spacial score (nSPS) is 22.2. The summed E-state index contributed by atoms with van der Waals surface area (Å²) >= 11 is 1.35. The average Bonchev–Trinajstić information content (AvgIpc) is 2.95. The molecule has 2 unspecified atom stereocenters. The minimum absolute atomic E-state index is 0.0313. The van der Waals surface area contributed by atoms with Crippen molar-refractivity contribution in [3.8, 4) is 0 Å². The first kappa shape index (κ1) is 14.3. The Morgan fingerprint density at radius 1 is 1.24 bits per heavy atom. The maximum absolute atomic E-state index is 12.7. The monoisotopic (exact) mass is 304 g/mol. The molecule has 6 heteroatoms. The zero-order chi connectivity index (χ0) is 15.3. The maximum atomic E-state index is 12.7. The average molecular weight is 304 g/mol. The van der Waals surface area contributed by atoms with Crippen LogP contribution in [0, 0.1) is 25.7 Å². The molecule has 0 saturated carbocycles. The van der Waals surface area contributed by atoms with Gasteiger partial charge in [-0.15, -0.1) is 16.4 Å². The lowest BCUT2D eigenvalue weighted by Gasteiger charge is -2.15. The fraction of sp³-hybridized carbons (Fsp3) is 0.533. The summed E-state index contributed by atoms with van der Waals surface area (Å²) in [6, 6.07) is 0. The van der Waals surface area contributed by atoms with Crippen LogP contribution in [0.1, 0.15) is 34.8 Å². The number of hydrogen-bond donors (Lipinski definition) is 1. The molecule has 1 aliphatic heterocycles. The molecule has 0 bridgehead atoms. The SMILES string of the molecule is Cc1nnc2sc(C(=O)N3CC(C)C(C)C3)c(N)c2c1C. The van der Waals surface area contributed by atoms with Crippen LogP contribution in [0.2, 0.25) is 0 Å². The maximum Gasteiger partial charge on any atom is 0.266 e. The molecule has 0 spiro atoms. The molecule has 3 rings (SSSR count). The number of nitrogen functional groups attached to an aromatic ring is 1. The number of anilines is 1. The van der Waals surface area contributed by atoms with Crippen LogP contribution >= 0.6 is 11.3 Å². The number of hydrogen-bond acceptors (Lipinski definition) is 5. The Bertz CT molecular complexity index is 714. The highest BCUT2D eigenvalue weighted by atomic mass is 32.1. The number of aryl methyl sites for hydroxylation is 2. The standard InChI is InChI=1S/C15H20N4OS/c1-7-5-19(6-8(7)2)15(20)13-12(16)11-9(3)10(4)17-18-14(11)21-13/h7-8H,5-6,16H2,1-4H3. The zero-order valence-corrected chi connectivity index (χ0v) is 13.6. The molecule has 0 aromatic carbocycles. The summed E-state index contributed by atoms with van der Waals surface area (Å²) < 4.78 is 0. The van der Waals surface area contributed by atoms with E-state index in [1.807, 2.05) is 18.7 Å². The van der Waals surface area contributed by atoms with Crippen LogP contribution in [0.4, 0.5) is 5.69 Å². The van der Waals surface area contributed by atoms with Crippen LogP contribution in [0.15, 0.2) is 0 Å². The van der Waals surface area contributed by atoms with Gasteiger partial charge in [-0.25, -0.2) is 0 Å². The van der Waals surface area contributed by atoms with E-state index in [9.17, 15) is 4.79 Å². The summed E-state index contributed by atoms with van der Waals surface area (Å²) in [7, 11) is 0. The molecule has 2 aromatic heterocycles. The van der Waals surface area contributed by atoms with Gasteiger partial charge in [0.2, 0.25) is 0 Å². The molecule has 2 atom stereocenters. The number of thiophene rings is 1. The predicted molar refractivity (Wildman–Crippen MR) is 85.5 cm³/mol. The predicted octanol–water partition coefficient (Wildman–Crippen LogP) is 2.62. The number of carbonyl (C=O) groups is 1. The van der Waals surface area contributed by atoms with Crippen molar-refractivity contribution in [2.24, 2.45) is 11.8 Å². The molecular weight excluding hydrogens is 284 g/mol. The van der Waals surface area contributed by atoms with Gasteiger partial charge in [-0.1, -0.05) is 13.8 Å². The molecule has 112 valence electrons. The Kier molecular flexibility index (Phi) is 3.36. The van der Waals surface area contributed by atoms with Gasteiger partial charge in [0.15, 0.2) is 0 Å². The van der Waals surface area contributed by atoms with E-state index in [2.05, 4.69) is 24.0 Å². The second kappa shape index (κ2) is 4.94. The summed E-state index contributed by atoms with van der Waals surface area (Å²) in [4.78, 5) is 16.0. The fourth-order valence-electron chi connectivity index (χ4n) is 2.84. The number of rotatable bonds is 1. The molecule has 2 aromatic rings. The molecule has 0 radical (unpaired) electrons. The van der Waals surface area contributed by atoms with Gasteiger partial charge in [-0.2, -0.15) is 5.10 Å². The molecule has 21 heavy (non-hydrogen) atoms. The molecule has 1 saturated heterocycles. The van der Waals surface area contributed by atoms with Crippen molar-refractivity contribution >= 4 is 33.1 Å². The highest BCUT2D eigenvalue weighted by molar-refractivity contribution is 7.21. The van der Waals surface area contributed by atoms with Crippen molar-refractivity contribution < 1.29 is 4.79 Å². The quantitative estimate of drug-likeness (QED) is 0.879. The highest BCUT2D eigenvalue weighted by Gasteiger charge is 2.32. The molecule has 3 heterocycles. The van der Waals surface area contributed by atoms with Crippen LogP contribution in [-0.4, -0.2) is 34.1 Å². The summed E-state index contributed by atoms with van der Waals surface area (Å²) in [6.45, 7) is 9.86. The minimum Gasteiger partial charge on any atom is -0.397 e. The number of aromatic nitrogens is 2. The number of likely N-dealkylation sites (tertiary alicyclic amines) is 1. The van der Waals surface area contributed by atoms with E-state index >= 15 is 0 Å². The van der Waals surface area contributed by atoms with E-state index in [0.29, 0.717) is 22.4 Å². The van der Waals surface area contributed by atoms with Gasteiger partial charge in [-0.05, 0) is 31.2 Å². The van der Waals surface area contributed by atoms with Gasteiger partial charge in [0.05, 0.1) is 11.4 Å². The number of nitrogens with zero attached hydrogens (tertiary/aromatic N) is 3. The van der Waals surface area contributed by atoms with E-state index in [1.54, 1.807) is 0 Å². The van der Waals surface area contributed by atoms with Crippen molar-refractivity contribution in [1.29, 1.82) is 0 Å². The van der Waals surface area contributed by atoms with Crippen LogP contribution in [0.3, 0.4) is 0 Å². The van der Waals surface area contributed by atoms with E-state index < -0.39 is 0 Å². The summed E-state index contributed by atoms with van der Waals surface area (Å²) in [5.74, 6) is 1.10. The van der Waals surface area contributed by atoms with Gasteiger partial charge in [0, 0.05) is 18.5 Å². The Labute approximate surface area is 128 Å². The number of fused-ring (bicyclic) bond motifs is 1. The zero-order valence-electron chi connectivity index (χ0n) is 12.8. The molecule has 2 N–H and O–H groups in total. The van der Waals surface area contributed by atoms with Gasteiger partial charge >= 0.3 is 0 Å². The van der Waals surface area contributed by atoms with Crippen LogP contribution in [-0.2, 0) is 0 Å².